The Balaban J connectivity index is 1.35. The van der Waals surface area contributed by atoms with Crippen molar-refractivity contribution in [2.75, 3.05) is 40.0 Å². The number of ether oxygens (including phenoxy) is 2. The average molecular weight is 407 g/mol. The molecule has 3 heterocycles. The normalized spacial score (nSPS) is 25.8. The Bertz CT molecular complexity index is 662. The first-order valence-electron chi connectivity index (χ1n) is 10.9. The maximum absolute atomic E-state index is 12.8. The minimum atomic E-state index is 0.216. The zero-order chi connectivity index (χ0) is 19.6. The van der Waals surface area contributed by atoms with E-state index in [2.05, 4.69) is 16.7 Å². The number of methoxy groups -OCH3 is 1. The van der Waals surface area contributed by atoms with Gasteiger partial charge in [0.1, 0.15) is 0 Å². The van der Waals surface area contributed by atoms with Gasteiger partial charge in [0.15, 0.2) is 0 Å². The zero-order valence-corrected chi connectivity index (χ0v) is 18.1. The lowest BCUT2D eigenvalue weighted by Gasteiger charge is -2.63. The van der Waals surface area contributed by atoms with Gasteiger partial charge in [-0.2, -0.15) is 0 Å². The molecular formula is C22H34N2O3S. The highest BCUT2D eigenvalue weighted by atomic mass is 32.1. The van der Waals surface area contributed by atoms with Crippen LogP contribution in [0.15, 0.2) is 12.1 Å². The van der Waals surface area contributed by atoms with Crippen LogP contribution < -0.4 is 0 Å². The molecule has 1 aromatic heterocycles. The molecule has 1 atom stereocenters. The van der Waals surface area contributed by atoms with Crippen LogP contribution in [0.4, 0.5) is 0 Å². The fourth-order valence-electron chi connectivity index (χ4n) is 5.46. The Labute approximate surface area is 173 Å². The van der Waals surface area contributed by atoms with Gasteiger partial charge < -0.3 is 14.4 Å². The zero-order valence-electron chi connectivity index (χ0n) is 17.3. The van der Waals surface area contributed by atoms with E-state index in [4.69, 9.17) is 9.47 Å². The van der Waals surface area contributed by atoms with Gasteiger partial charge in [0.25, 0.3) is 5.91 Å². The molecule has 156 valence electrons. The first kappa shape index (κ1) is 20.3. The molecule has 1 saturated carbocycles. The standard InChI is InChI=1S/C22H34N2O3S/c1-17-6-7-19(28-17)21(25)23-12-8-18(9-13-23)24-16-20(27-15-14-26-2)22(24)10-4-3-5-11-22/h6-7,18,20H,3-5,8-16H2,1-2H3. The van der Waals surface area contributed by atoms with Crippen LogP contribution in [0.5, 0.6) is 0 Å². The van der Waals surface area contributed by atoms with Gasteiger partial charge in [0.05, 0.1) is 24.2 Å². The molecule has 1 aromatic rings. The number of carbonyl (C=O) groups excluding carboxylic acids is 1. The third-order valence-electron chi connectivity index (χ3n) is 7.00. The molecule has 1 amide bonds. The van der Waals surface area contributed by atoms with E-state index in [-0.39, 0.29) is 11.4 Å². The van der Waals surface area contributed by atoms with E-state index in [1.165, 1.54) is 37.0 Å². The van der Waals surface area contributed by atoms with Gasteiger partial charge in [-0.15, -0.1) is 11.3 Å². The van der Waals surface area contributed by atoms with E-state index in [1.807, 2.05) is 12.1 Å². The number of nitrogens with zero attached hydrogens (tertiary/aromatic N) is 2. The maximum atomic E-state index is 12.8. The molecule has 0 aromatic carbocycles. The van der Waals surface area contributed by atoms with Crippen molar-refractivity contribution in [3.05, 3.63) is 21.9 Å². The molecule has 1 aliphatic carbocycles. The van der Waals surface area contributed by atoms with Crippen molar-refractivity contribution in [3.63, 3.8) is 0 Å². The number of hydrogen-bond acceptors (Lipinski definition) is 5. The van der Waals surface area contributed by atoms with Gasteiger partial charge in [-0.05, 0) is 44.7 Å². The quantitative estimate of drug-likeness (QED) is 0.676. The fraction of sp³-hybridized carbons (Fsp3) is 0.773. The Morgan fingerprint density at radius 3 is 2.57 bits per heavy atom. The molecule has 2 aliphatic heterocycles. The average Bonchev–Trinajstić information content (AvgIpc) is 3.17. The van der Waals surface area contributed by atoms with Gasteiger partial charge in [-0.25, -0.2) is 0 Å². The first-order chi connectivity index (χ1) is 13.6. The number of hydrogen-bond donors (Lipinski definition) is 0. The van der Waals surface area contributed by atoms with Crippen molar-refractivity contribution in [1.29, 1.82) is 0 Å². The van der Waals surface area contributed by atoms with Crippen molar-refractivity contribution in [2.45, 2.75) is 69.6 Å². The summed E-state index contributed by atoms with van der Waals surface area (Å²) in [5, 5.41) is 0. The lowest BCUT2D eigenvalue weighted by molar-refractivity contribution is -0.203. The summed E-state index contributed by atoms with van der Waals surface area (Å²) < 4.78 is 11.4. The minimum absolute atomic E-state index is 0.216. The molecule has 28 heavy (non-hydrogen) atoms. The molecule has 0 N–H and O–H groups in total. The highest BCUT2D eigenvalue weighted by Crippen LogP contribution is 2.47. The number of amides is 1. The topological polar surface area (TPSA) is 42.0 Å². The molecular weight excluding hydrogens is 372 g/mol. The summed E-state index contributed by atoms with van der Waals surface area (Å²) in [5.41, 5.74) is 0.244. The number of carbonyl (C=O) groups is 1. The second kappa shape index (κ2) is 8.82. The van der Waals surface area contributed by atoms with Crippen molar-refractivity contribution in [2.24, 2.45) is 0 Å². The van der Waals surface area contributed by atoms with Gasteiger partial charge in [0, 0.05) is 43.2 Å². The van der Waals surface area contributed by atoms with E-state index >= 15 is 0 Å². The number of thiophene rings is 1. The van der Waals surface area contributed by atoms with E-state index < -0.39 is 0 Å². The molecule has 6 heteroatoms. The van der Waals surface area contributed by atoms with Crippen LogP contribution in [-0.4, -0.2) is 73.3 Å². The Morgan fingerprint density at radius 1 is 1.18 bits per heavy atom. The predicted octanol–water partition coefficient (Wildman–Crippen LogP) is 3.71. The SMILES string of the molecule is COCCOC1CN(C2CCN(C(=O)c3ccc(C)s3)CC2)C12CCCCC2. The summed E-state index contributed by atoms with van der Waals surface area (Å²) in [5.74, 6) is 0.216. The third-order valence-corrected chi connectivity index (χ3v) is 7.99. The molecule has 3 aliphatic rings. The maximum Gasteiger partial charge on any atom is 0.263 e. The lowest BCUT2D eigenvalue weighted by Crippen LogP contribution is -2.75. The smallest absolute Gasteiger partial charge is 0.263 e. The Hall–Kier alpha value is -0.950. The van der Waals surface area contributed by atoms with Crippen LogP contribution in [0.25, 0.3) is 0 Å². The summed E-state index contributed by atoms with van der Waals surface area (Å²) in [6, 6.07) is 4.61. The highest BCUT2D eigenvalue weighted by molar-refractivity contribution is 7.13. The van der Waals surface area contributed by atoms with E-state index in [0.717, 1.165) is 37.4 Å². The van der Waals surface area contributed by atoms with Crippen LogP contribution in [0.2, 0.25) is 0 Å². The van der Waals surface area contributed by atoms with Crippen molar-refractivity contribution in [3.8, 4) is 0 Å². The van der Waals surface area contributed by atoms with Crippen LogP contribution in [-0.2, 0) is 9.47 Å². The molecule has 4 rings (SSSR count). The summed E-state index contributed by atoms with van der Waals surface area (Å²) >= 11 is 1.61. The molecule has 5 nitrogen and oxygen atoms in total. The summed E-state index contributed by atoms with van der Waals surface area (Å²) in [4.78, 5) is 19.7. The number of aryl methyl sites for hydroxylation is 1. The van der Waals surface area contributed by atoms with Crippen molar-refractivity contribution < 1.29 is 14.3 Å². The van der Waals surface area contributed by atoms with Crippen molar-refractivity contribution in [1.82, 2.24) is 9.80 Å². The number of rotatable bonds is 6. The number of likely N-dealkylation sites (tertiary alicyclic amines) is 2. The van der Waals surface area contributed by atoms with Gasteiger partial charge in [-0.3, -0.25) is 9.69 Å². The van der Waals surface area contributed by atoms with E-state index in [1.54, 1.807) is 18.4 Å². The summed E-state index contributed by atoms with van der Waals surface area (Å²) in [6.07, 6.45) is 9.04. The largest absolute Gasteiger partial charge is 0.382 e. The predicted molar refractivity (Wildman–Crippen MR) is 112 cm³/mol. The Kier molecular flexibility index (Phi) is 6.40. The molecule has 0 radical (unpaired) electrons. The first-order valence-corrected chi connectivity index (χ1v) is 11.7. The fourth-order valence-corrected chi connectivity index (χ4v) is 6.29. The Morgan fingerprint density at radius 2 is 1.93 bits per heavy atom. The van der Waals surface area contributed by atoms with E-state index in [0.29, 0.717) is 25.4 Å². The highest BCUT2D eigenvalue weighted by Gasteiger charge is 2.56. The van der Waals surface area contributed by atoms with Crippen LogP contribution in [0.1, 0.15) is 59.5 Å². The molecule has 2 saturated heterocycles. The molecule has 0 bridgehead atoms. The summed E-state index contributed by atoms with van der Waals surface area (Å²) in [6.45, 7) is 6.24. The second-order valence-corrected chi connectivity index (χ2v) is 9.89. The van der Waals surface area contributed by atoms with Crippen molar-refractivity contribution >= 4 is 17.2 Å². The molecule has 1 unspecified atom stereocenters. The third kappa shape index (κ3) is 3.89. The monoisotopic (exact) mass is 406 g/mol. The number of piperidine rings is 1. The van der Waals surface area contributed by atoms with Gasteiger partial charge in [-0.1, -0.05) is 19.3 Å². The van der Waals surface area contributed by atoms with Crippen LogP contribution in [0.3, 0.4) is 0 Å². The lowest BCUT2D eigenvalue weighted by atomic mass is 9.69. The van der Waals surface area contributed by atoms with Crippen LogP contribution >= 0.6 is 11.3 Å². The van der Waals surface area contributed by atoms with Gasteiger partial charge in [0.2, 0.25) is 0 Å². The minimum Gasteiger partial charge on any atom is -0.382 e. The molecule has 3 fully saturated rings. The molecule has 1 spiro atoms. The summed E-state index contributed by atoms with van der Waals surface area (Å²) in [7, 11) is 1.74. The second-order valence-electron chi connectivity index (χ2n) is 8.60. The van der Waals surface area contributed by atoms with Crippen LogP contribution in [0, 0.1) is 6.92 Å². The van der Waals surface area contributed by atoms with Gasteiger partial charge >= 0.3 is 0 Å². The van der Waals surface area contributed by atoms with E-state index in [9.17, 15) is 4.79 Å².